The van der Waals surface area contributed by atoms with Crippen LogP contribution in [0.3, 0.4) is 0 Å². The molecule has 1 aliphatic heterocycles. The summed E-state index contributed by atoms with van der Waals surface area (Å²) < 4.78 is 15.8. The molecule has 1 aromatic carbocycles. The number of carboxylic acids is 1. The number of aliphatic carboxylic acids is 1. The number of carbonyl (C=O) groups is 2. The largest absolute Gasteiger partial charge is 0.497 e. The van der Waals surface area contributed by atoms with Gasteiger partial charge in [-0.3, -0.25) is 9.59 Å². The number of hydrogen-bond acceptors (Lipinski definition) is 5. The molecule has 1 amide bonds. The minimum Gasteiger partial charge on any atom is -0.497 e. The predicted molar refractivity (Wildman–Crippen MR) is 90.8 cm³/mol. The zero-order chi connectivity index (χ0) is 18.2. The Morgan fingerprint density at radius 3 is 2.76 bits per heavy atom. The zero-order valence-electron chi connectivity index (χ0n) is 14.6. The van der Waals surface area contributed by atoms with E-state index in [1.54, 1.807) is 18.2 Å². The average Bonchev–Trinajstić information content (AvgIpc) is 3.12. The molecular weight excluding hydrogens is 326 g/mol. The van der Waals surface area contributed by atoms with Crippen LogP contribution in [0.4, 0.5) is 0 Å². The van der Waals surface area contributed by atoms with Crippen molar-refractivity contribution in [2.45, 2.75) is 31.7 Å². The number of hydrogen-bond donors (Lipinski definition) is 2. The number of ether oxygens (including phenoxy) is 3. The maximum Gasteiger partial charge on any atom is 0.305 e. The molecule has 25 heavy (non-hydrogen) atoms. The first-order chi connectivity index (χ1) is 12.0. The lowest BCUT2D eigenvalue weighted by molar-refractivity contribution is -0.137. The van der Waals surface area contributed by atoms with E-state index in [0.29, 0.717) is 36.0 Å². The van der Waals surface area contributed by atoms with E-state index in [2.05, 4.69) is 5.32 Å². The van der Waals surface area contributed by atoms with Gasteiger partial charge in [0.15, 0.2) is 0 Å². The van der Waals surface area contributed by atoms with Crippen molar-refractivity contribution < 1.29 is 28.9 Å². The van der Waals surface area contributed by atoms with Crippen molar-refractivity contribution in [2.75, 3.05) is 27.4 Å². The van der Waals surface area contributed by atoms with Gasteiger partial charge in [0.05, 0.1) is 26.7 Å². The molecule has 0 aliphatic carbocycles. The molecule has 1 heterocycles. The molecular formula is C18H25NO6. The van der Waals surface area contributed by atoms with Crippen molar-refractivity contribution in [2.24, 2.45) is 5.92 Å². The lowest BCUT2D eigenvalue weighted by atomic mass is 10.00. The van der Waals surface area contributed by atoms with Gasteiger partial charge in [-0.1, -0.05) is 0 Å². The van der Waals surface area contributed by atoms with Crippen LogP contribution in [-0.4, -0.2) is 44.4 Å². The van der Waals surface area contributed by atoms with Crippen LogP contribution in [0, 0.1) is 5.92 Å². The Labute approximate surface area is 147 Å². The molecule has 2 N–H and O–H groups in total. The summed E-state index contributed by atoms with van der Waals surface area (Å²) in [6, 6.07) is 4.45. The second-order valence-electron chi connectivity index (χ2n) is 6.09. The van der Waals surface area contributed by atoms with E-state index in [1.807, 2.05) is 0 Å². The minimum atomic E-state index is -0.993. The van der Waals surface area contributed by atoms with E-state index in [4.69, 9.17) is 14.2 Å². The van der Waals surface area contributed by atoms with Crippen LogP contribution in [0.25, 0.3) is 0 Å². The van der Waals surface area contributed by atoms with Crippen molar-refractivity contribution in [3.8, 4) is 11.5 Å². The smallest absolute Gasteiger partial charge is 0.305 e. The number of amides is 1. The first-order valence-electron chi connectivity index (χ1n) is 8.34. The second-order valence-corrected chi connectivity index (χ2v) is 6.09. The standard InChI is InChI=1S/C18H25NO6/c1-23-13-4-5-14(16(9-13)24-2)15(10-18(21)22)19-17(20)6-3-12-7-8-25-11-12/h4-5,9,12,15H,3,6-8,10-11H2,1-2H3,(H,19,20)(H,21,22). The third-order valence-electron chi connectivity index (χ3n) is 4.33. The van der Waals surface area contributed by atoms with Gasteiger partial charge >= 0.3 is 5.97 Å². The van der Waals surface area contributed by atoms with Gasteiger partial charge in [-0.25, -0.2) is 0 Å². The normalized spacial score (nSPS) is 17.8. The van der Waals surface area contributed by atoms with Crippen molar-refractivity contribution in [3.05, 3.63) is 23.8 Å². The third kappa shape index (κ3) is 5.63. The van der Waals surface area contributed by atoms with Crippen LogP contribution >= 0.6 is 0 Å². The summed E-state index contributed by atoms with van der Waals surface area (Å²) in [4.78, 5) is 23.5. The van der Waals surface area contributed by atoms with Gasteiger partial charge in [-0.2, -0.15) is 0 Å². The number of carboxylic acid groups (broad SMARTS) is 1. The highest BCUT2D eigenvalue weighted by molar-refractivity contribution is 5.78. The Morgan fingerprint density at radius 1 is 1.36 bits per heavy atom. The topological polar surface area (TPSA) is 94.1 Å². The summed E-state index contributed by atoms with van der Waals surface area (Å²) >= 11 is 0. The van der Waals surface area contributed by atoms with Gasteiger partial charge in [0.25, 0.3) is 0 Å². The van der Waals surface area contributed by atoms with Gasteiger partial charge in [0, 0.05) is 31.3 Å². The molecule has 1 saturated heterocycles. The molecule has 1 aliphatic rings. The summed E-state index contributed by atoms with van der Waals surface area (Å²) in [6.45, 7) is 1.44. The second kappa shape index (κ2) is 9.27. The highest BCUT2D eigenvalue weighted by Gasteiger charge is 2.23. The number of carbonyl (C=O) groups excluding carboxylic acids is 1. The molecule has 0 radical (unpaired) electrons. The number of nitrogens with one attached hydrogen (secondary N) is 1. The van der Waals surface area contributed by atoms with Gasteiger partial charge < -0.3 is 24.6 Å². The molecule has 138 valence electrons. The molecule has 0 bridgehead atoms. The lowest BCUT2D eigenvalue weighted by Gasteiger charge is -2.21. The highest BCUT2D eigenvalue weighted by atomic mass is 16.5. The zero-order valence-corrected chi connectivity index (χ0v) is 14.6. The van der Waals surface area contributed by atoms with E-state index >= 15 is 0 Å². The van der Waals surface area contributed by atoms with Crippen molar-refractivity contribution in [1.82, 2.24) is 5.32 Å². The molecule has 0 saturated carbocycles. The minimum absolute atomic E-state index is 0.170. The summed E-state index contributed by atoms with van der Waals surface area (Å²) in [5, 5.41) is 12.0. The summed E-state index contributed by atoms with van der Waals surface area (Å²) in [5.74, 6) is 0.319. The third-order valence-corrected chi connectivity index (χ3v) is 4.33. The Morgan fingerprint density at radius 2 is 2.16 bits per heavy atom. The number of rotatable bonds is 9. The Balaban J connectivity index is 2.07. The molecule has 2 atom stereocenters. The van der Waals surface area contributed by atoms with Crippen LogP contribution in [0.1, 0.15) is 37.3 Å². The first-order valence-corrected chi connectivity index (χ1v) is 8.34. The van der Waals surface area contributed by atoms with Crippen LogP contribution in [0.15, 0.2) is 18.2 Å². The predicted octanol–water partition coefficient (Wildman–Crippen LogP) is 2.15. The highest BCUT2D eigenvalue weighted by Crippen LogP contribution is 2.31. The van der Waals surface area contributed by atoms with E-state index in [0.717, 1.165) is 19.4 Å². The fraction of sp³-hybridized carbons (Fsp3) is 0.556. The maximum absolute atomic E-state index is 12.3. The lowest BCUT2D eigenvalue weighted by Crippen LogP contribution is -2.30. The summed E-state index contributed by atoms with van der Waals surface area (Å²) in [5.41, 5.74) is 0.614. The fourth-order valence-corrected chi connectivity index (χ4v) is 2.93. The Hall–Kier alpha value is -2.28. The first kappa shape index (κ1) is 19.1. The summed E-state index contributed by atoms with van der Waals surface area (Å²) in [6.07, 6.45) is 1.84. The van der Waals surface area contributed by atoms with E-state index < -0.39 is 12.0 Å². The van der Waals surface area contributed by atoms with E-state index in [1.165, 1.54) is 14.2 Å². The number of methoxy groups -OCH3 is 2. The van der Waals surface area contributed by atoms with Gasteiger partial charge in [-0.15, -0.1) is 0 Å². The van der Waals surface area contributed by atoms with Crippen LogP contribution in [-0.2, 0) is 14.3 Å². The van der Waals surface area contributed by atoms with Gasteiger partial charge in [-0.05, 0) is 30.9 Å². The van der Waals surface area contributed by atoms with Gasteiger partial charge in [0.2, 0.25) is 5.91 Å². The molecule has 2 rings (SSSR count). The SMILES string of the molecule is COc1ccc(C(CC(=O)O)NC(=O)CCC2CCOC2)c(OC)c1. The molecule has 7 heteroatoms. The van der Waals surface area contributed by atoms with Crippen LogP contribution in [0.2, 0.25) is 0 Å². The van der Waals surface area contributed by atoms with E-state index in [9.17, 15) is 14.7 Å². The molecule has 0 spiro atoms. The Bertz CT molecular complexity index is 597. The van der Waals surface area contributed by atoms with E-state index in [-0.39, 0.29) is 12.3 Å². The quantitative estimate of drug-likeness (QED) is 0.708. The maximum atomic E-state index is 12.3. The molecule has 1 aromatic rings. The molecule has 7 nitrogen and oxygen atoms in total. The average molecular weight is 351 g/mol. The van der Waals surface area contributed by atoms with Crippen LogP contribution < -0.4 is 14.8 Å². The molecule has 2 unspecified atom stereocenters. The van der Waals surface area contributed by atoms with Crippen LogP contribution in [0.5, 0.6) is 11.5 Å². The van der Waals surface area contributed by atoms with Crippen molar-refractivity contribution in [3.63, 3.8) is 0 Å². The monoisotopic (exact) mass is 351 g/mol. The molecule has 1 fully saturated rings. The Kier molecular flexibility index (Phi) is 7.06. The van der Waals surface area contributed by atoms with Gasteiger partial charge in [0.1, 0.15) is 11.5 Å². The fourth-order valence-electron chi connectivity index (χ4n) is 2.93. The van der Waals surface area contributed by atoms with Crippen molar-refractivity contribution in [1.29, 1.82) is 0 Å². The molecule has 0 aromatic heterocycles. The number of benzene rings is 1. The summed E-state index contributed by atoms with van der Waals surface area (Å²) in [7, 11) is 3.04. The van der Waals surface area contributed by atoms with Crippen molar-refractivity contribution >= 4 is 11.9 Å².